The van der Waals surface area contributed by atoms with Crippen LogP contribution in [0.5, 0.6) is 0 Å². The minimum Gasteiger partial charge on any atom is -0.340 e. The molecule has 0 spiro atoms. The third-order valence-corrected chi connectivity index (χ3v) is 5.29. The molecular weight excluding hydrogens is 413 g/mol. The van der Waals surface area contributed by atoms with Gasteiger partial charge in [-0.1, -0.05) is 19.9 Å². The van der Waals surface area contributed by atoms with Crippen molar-refractivity contribution in [3.63, 3.8) is 0 Å². The number of rotatable bonds is 4. The van der Waals surface area contributed by atoms with Crippen molar-refractivity contribution in [2.75, 3.05) is 5.32 Å². The number of hydrogen-bond donors (Lipinski definition) is 1. The predicted molar refractivity (Wildman–Crippen MR) is 121 cm³/mol. The van der Waals surface area contributed by atoms with Gasteiger partial charge in [-0.15, -0.1) is 0 Å². The Morgan fingerprint density at radius 3 is 2.25 bits per heavy atom. The molecule has 2 heterocycles. The van der Waals surface area contributed by atoms with Crippen molar-refractivity contribution < 1.29 is 13.2 Å². The van der Waals surface area contributed by atoms with Crippen LogP contribution < -0.4 is 5.32 Å². The Kier molecular flexibility index (Phi) is 5.59. The summed E-state index contributed by atoms with van der Waals surface area (Å²) in [6.07, 6.45) is -2.61. The lowest BCUT2D eigenvalue weighted by Gasteiger charge is -2.16. The molecule has 0 aliphatic rings. The van der Waals surface area contributed by atoms with Crippen molar-refractivity contribution in [3.8, 4) is 11.3 Å². The fraction of sp³-hybridized carbons (Fsp3) is 0.240. The monoisotopic (exact) mass is 436 g/mol. The van der Waals surface area contributed by atoms with Crippen LogP contribution in [0.25, 0.3) is 22.2 Å². The lowest BCUT2D eigenvalue weighted by atomic mass is 10.0. The Hall–Kier alpha value is -3.48. The van der Waals surface area contributed by atoms with Gasteiger partial charge in [-0.25, -0.2) is 9.97 Å². The van der Waals surface area contributed by atoms with Gasteiger partial charge >= 0.3 is 6.18 Å². The SMILES string of the molecule is Cc1cccnc1-c1cc(C)c2c(Nc3ccc(C(F)(F)F)cc3)nc(C(C)C)nc2c1. The average Bonchev–Trinajstić information content (AvgIpc) is 2.73. The summed E-state index contributed by atoms with van der Waals surface area (Å²) < 4.78 is 38.7. The number of fused-ring (bicyclic) bond motifs is 1. The van der Waals surface area contributed by atoms with Gasteiger partial charge in [0.2, 0.25) is 0 Å². The molecular formula is C25H23F3N4. The number of alkyl halides is 3. The number of benzene rings is 2. The molecule has 0 radical (unpaired) electrons. The highest BCUT2D eigenvalue weighted by Crippen LogP contribution is 2.34. The molecule has 0 saturated heterocycles. The zero-order valence-electron chi connectivity index (χ0n) is 18.2. The van der Waals surface area contributed by atoms with Crippen molar-refractivity contribution in [1.29, 1.82) is 0 Å². The first-order valence-corrected chi connectivity index (χ1v) is 10.3. The molecule has 32 heavy (non-hydrogen) atoms. The van der Waals surface area contributed by atoms with E-state index in [1.807, 2.05) is 52.0 Å². The van der Waals surface area contributed by atoms with E-state index in [1.165, 1.54) is 12.1 Å². The van der Waals surface area contributed by atoms with E-state index >= 15 is 0 Å². The van der Waals surface area contributed by atoms with Crippen molar-refractivity contribution in [2.24, 2.45) is 0 Å². The van der Waals surface area contributed by atoms with E-state index in [0.29, 0.717) is 17.3 Å². The van der Waals surface area contributed by atoms with Gasteiger partial charge in [0.15, 0.2) is 0 Å². The first-order valence-electron chi connectivity index (χ1n) is 10.3. The van der Waals surface area contributed by atoms with Crippen molar-refractivity contribution in [3.05, 3.63) is 77.2 Å². The molecule has 1 N–H and O–H groups in total. The van der Waals surface area contributed by atoms with Crippen LogP contribution in [0.3, 0.4) is 0 Å². The van der Waals surface area contributed by atoms with Gasteiger partial charge in [0.1, 0.15) is 11.6 Å². The molecule has 0 aliphatic carbocycles. The van der Waals surface area contributed by atoms with Gasteiger partial charge in [0.25, 0.3) is 0 Å². The van der Waals surface area contributed by atoms with E-state index in [4.69, 9.17) is 4.98 Å². The van der Waals surface area contributed by atoms with Crippen molar-refractivity contribution in [1.82, 2.24) is 15.0 Å². The van der Waals surface area contributed by atoms with Gasteiger partial charge < -0.3 is 5.32 Å². The quantitative estimate of drug-likeness (QED) is 0.368. The Labute approximate surface area is 184 Å². The fourth-order valence-corrected chi connectivity index (χ4v) is 3.64. The Morgan fingerprint density at radius 2 is 1.62 bits per heavy atom. The Balaban J connectivity index is 1.84. The first kappa shape index (κ1) is 21.7. The van der Waals surface area contributed by atoms with Crippen LogP contribution in [0.1, 0.15) is 42.3 Å². The van der Waals surface area contributed by atoms with E-state index < -0.39 is 11.7 Å². The van der Waals surface area contributed by atoms with Crippen LogP contribution in [-0.2, 0) is 6.18 Å². The van der Waals surface area contributed by atoms with E-state index in [9.17, 15) is 13.2 Å². The number of nitrogens with zero attached hydrogens (tertiary/aromatic N) is 3. The summed E-state index contributed by atoms with van der Waals surface area (Å²) in [7, 11) is 0. The second-order valence-electron chi connectivity index (χ2n) is 8.14. The number of aromatic nitrogens is 3. The van der Waals surface area contributed by atoms with Crippen molar-refractivity contribution in [2.45, 2.75) is 39.8 Å². The van der Waals surface area contributed by atoms with Crippen LogP contribution in [0.4, 0.5) is 24.7 Å². The van der Waals surface area contributed by atoms with Crippen molar-refractivity contribution >= 4 is 22.4 Å². The second kappa shape index (κ2) is 8.22. The predicted octanol–water partition coefficient (Wildman–Crippen LogP) is 7.19. The van der Waals surface area contributed by atoms with Crippen LogP contribution in [0.2, 0.25) is 0 Å². The summed E-state index contributed by atoms with van der Waals surface area (Å²) in [5.41, 5.74) is 4.46. The molecule has 4 nitrogen and oxygen atoms in total. The summed E-state index contributed by atoms with van der Waals surface area (Å²) >= 11 is 0. The van der Waals surface area contributed by atoms with Gasteiger partial charge in [0, 0.05) is 28.8 Å². The van der Waals surface area contributed by atoms with Gasteiger partial charge in [0.05, 0.1) is 16.8 Å². The van der Waals surface area contributed by atoms with E-state index in [0.717, 1.165) is 45.4 Å². The number of hydrogen-bond acceptors (Lipinski definition) is 4. The lowest BCUT2D eigenvalue weighted by Crippen LogP contribution is -2.06. The molecule has 0 amide bonds. The summed E-state index contributed by atoms with van der Waals surface area (Å²) in [5, 5.41) is 4.02. The zero-order chi connectivity index (χ0) is 23.0. The third-order valence-electron chi connectivity index (χ3n) is 5.29. The first-order chi connectivity index (χ1) is 15.1. The molecule has 7 heteroatoms. The van der Waals surface area contributed by atoms with E-state index in [2.05, 4.69) is 15.3 Å². The maximum atomic E-state index is 12.9. The van der Waals surface area contributed by atoms with Crippen LogP contribution in [-0.4, -0.2) is 15.0 Å². The molecule has 0 atom stereocenters. The molecule has 2 aromatic heterocycles. The molecule has 2 aromatic carbocycles. The molecule has 0 unspecified atom stereocenters. The molecule has 0 aliphatic heterocycles. The van der Waals surface area contributed by atoms with Gasteiger partial charge in [-0.05, 0) is 67.4 Å². The van der Waals surface area contributed by atoms with Gasteiger partial charge in [-0.2, -0.15) is 13.2 Å². The summed E-state index contributed by atoms with van der Waals surface area (Å²) in [6, 6.07) is 12.9. The minimum absolute atomic E-state index is 0.0769. The third kappa shape index (κ3) is 4.28. The number of halogens is 3. The Bertz CT molecular complexity index is 1280. The normalized spacial score (nSPS) is 11.9. The highest BCUT2D eigenvalue weighted by atomic mass is 19.4. The number of nitrogens with one attached hydrogen (secondary N) is 1. The lowest BCUT2D eigenvalue weighted by molar-refractivity contribution is -0.137. The molecule has 0 saturated carbocycles. The number of pyridine rings is 1. The standard InChI is InChI=1S/C25H23F3N4/c1-14(2)23-31-20-13-17(22-15(3)6-5-11-29-22)12-16(4)21(20)24(32-23)30-19-9-7-18(8-10-19)25(26,27)28/h5-14H,1-4H3,(H,30,31,32). The number of aryl methyl sites for hydroxylation is 2. The number of anilines is 2. The highest BCUT2D eigenvalue weighted by Gasteiger charge is 2.30. The smallest absolute Gasteiger partial charge is 0.340 e. The largest absolute Gasteiger partial charge is 0.416 e. The fourth-order valence-electron chi connectivity index (χ4n) is 3.64. The summed E-state index contributed by atoms with van der Waals surface area (Å²) in [4.78, 5) is 14.0. The average molecular weight is 436 g/mol. The van der Waals surface area contributed by atoms with Gasteiger partial charge in [-0.3, -0.25) is 4.98 Å². The van der Waals surface area contributed by atoms with E-state index in [-0.39, 0.29) is 5.92 Å². The van der Waals surface area contributed by atoms with Crippen LogP contribution in [0.15, 0.2) is 54.7 Å². The van der Waals surface area contributed by atoms with E-state index in [1.54, 1.807) is 6.20 Å². The molecule has 4 aromatic rings. The molecule has 0 fully saturated rings. The molecule has 164 valence electrons. The van der Waals surface area contributed by atoms with Crippen LogP contribution in [0, 0.1) is 13.8 Å². The maximum Gasteiger partial charge on any atom is 0.416 e. The molecule has 4 rings (SSSR count). The Morgan fingerprint density at radius 1 is 0.906 bits per heavy atom. The maximum absolute atomic E-state index is 12.9. The highest BCUT2D eigenvalue weighted by molar-refractivity contribution is 5.96. The second-order valence-corrected chi connectivity index (χ2v) is 8.14. The topological polar surface area (TPSA) is 50.7 Å². The minimum atomic E-state index is -4.37. The summed E-state index contributed by atoms with van der Waals surface area (Å²) in [5.74, 6) is 1.30. The molecule has 0 bridgehead atoms. The zero-order valence-corrected chi connectivity index (χ0v) is 18.2. The van der Waals surface area contributed by atoms with Crippen LogP contribution >= 0.6 is 0 Å². The summed E-state index contributed by atoms with van der Waals surface area (Å²) in [6.45, 7) is 7.99.